The van der Waals surface area contributed by atoms with Crippen LogP contribution in [-0.2, 0) is 10.3 Å². The maximum atomic E-state index is 14.1. The number of rotatable bonds is 3. The number of nitriles is 1. The monoisotopic (exact) mass is 370 g/mol. The van der Waals surface area contributed by atoms with Crippen LogP contribution in [0.5, 0.6) is 0 Å². The molecule has 132 valence electrons. The Morgan fingerprint density at radius 3 is 2.80 bits per heavy atom. The number of alkyl halides is 3. The van der Waals surface area contributed by atoms with Crippen molar-refractivity contribution in [3.05, 3.63) is 28.8 Å². The van der Waals surface area contributed by atoms with Gasteiger partial charge >= 0.3 is 6.18 Å². The first-order valence-corrected chi connectivity index (χ1v) is 8.03. The van der Waals surface area contributed by atoms with E-state index >= 15 is 0 Å². The van der Waals surface area contributed by atoms with Gasteiger partial charge < -0.3 is 10.1 Å². The maximum Gasteiger partial charge on any atom is 0.427 e. The van der Waals surface area contributed by atoms with Crippen LogP contribution in [0, 0.1) is 17.4 Å². The molecule has 0 unspecified atom stereocenters. The van der Waals surface area contributed by atoms with Crippen molar-refractivity contribution < 1.29 is 17.9 Å². The second-order valence-electron chi connectivity index (χ2n) is 5.95. The number of anilines is 1. The van der Waals surface area contributed by atoms with E-state index < -0.39 is 11.8 Å². The smallest absolute Gasteiger partial charge is 0.356 e. The number of benzene rings is 1. The Hall–Kier alpha value is -2.11. The molecule has 1 aliphatic carbocycles. The van der Waals surface area contributed by atoms with Gasteiger partial charge in [-0.15, -0.1) is 4.99 Å². The Labute approximate surface area is 147 Å². The van der Waals surface area contributed by atoms with Crippen LogP contribution in [0.3, 0.4) is 0 Å². The molecule has 5 nitrogen and oxygen atoms in total. The molecular weight excluding hydrogens is 357 g/mol. The molecule has 0 saturated heterocycles. The molecule has 0 bridgehead atoms. The summed E-state index contributed by atoms with van der Waals surface area (Å²) in [6.45, 7) is -0.0395. The molecule has 0 radical (unpaired) electrons. The first-order chi connectivity index (χ1) is 11.9. The third kappa shape index (κ3) is 3.34. The SMILES string of the molecule is N#CN=C1N=C[C@](OCC2CCC2)(C(F)(F)F)c2cc(Cl)ccc2N1. The molecule has 1 heterocycles. The summed E-state index contributed by atoms with van der Waals surface area (Å²) in [5.41, 5.74) is -2.89. The van der Waals surface area contributed by atoms with Crippen molar-refractivity contribution in [3.63, 3.8) is 0 Å². The molecule has 1 N–H and O–H groups in total. The van der Waals surface area contributed by atoms with Crippen LogP contribution in [0.25, 0.3) is 0 Å². The highest BCUT2D eigenvalue weighted by Gasteiger charge is 2.58. The minimum atomic E-state index is -4.77. The van der Waals surface area contributed by atoms with E-state index in [2.05, 4.69) is 15.3 Å². The molecule has 1 aromatic rings. The molecule has 25 heavy (non-hydrogen) atoms. The Balaban J connectivity index is 2.13. The first-order valence-electron chi connectivity index (χ1n) is 7.65. The Bertz CT molecular complexity index is 768. The number of nitrogens with zero attached hydrogens (tertiary/aromatic N) is 3. The third-order valence-corrected chi connectivity index (χ3v) is 4.58. The topological polar surface area (TPSA) is 69.8 Å². The minimum Gasteiger partial charge on any atom is -0.356 e. The predicted molar refractivity (Wildman–Crippen MR) is 87.6 cm³/mol. The van der Waals surface area contributed by atoms with Crippen LogP contribution < -0.4 is 5.32 Å². The van der Waals surface area contributed by atoms with Gasteiger partial charge in [0.25, 0.3) is 0 Å². The maximum absolute atomic E-state index is 14.1. The van der Waals surface area contributed by atoms with Gasteiger partial charge in [-0.05, 0) is 37.0 Å². The first kappa shape index (κ1) is 17.7. The van der Waals surface area contributed by atoms with Gasteiger partial charge in [-0.1, -0.05) is 18.0 Å². The fourth-order valence-corrected chi connectivity index (χ4v) is 2.91. The Morgan fingerprint density at radius 2 is 2.20 bits per heavy atom. The summed E-state index contributed by atoms with van der Waals surface area (Å²) < 4.78 is 47.7. The minimum absolute atomic E-state index is 0.0395. The highest BCUT2D eigenvalue weighted by atomic mass is 35.5. The lowest BCUT2D eigenvalue weighted by Gasteiger charge is -2.36. The Morgan fingerprint density at radius 1 is 1.44 bits per heavy atom. The predicted octanol–water partition coefficient (Wildman–Crippen LogP) is 4.25. The molecule has 1 aromatic carbocycles. The molecule has 3 rings (SSSR count). The number of hydrogen-bond donors (Lipinski definition) is 1. The van der Waals surface area contributed by atoms with E-state index in [1.54, 1.807) is 0 Å². The van der Waals surface area contributed by atoms with Crippen LogP contribution in [0.1, 0.15) is 24.8 Å². The number of nitrogens with one attached hydrogen (secondary N) is 1. The van der Waals surface area contributed by atoms with Crippen LogP contribution >= 0.6 is 11.6 Å². The zero-order valence-electron chi connectivity index (χ0n) is 13.0. The van der Waals surface area contributed by atoms with E-state index in [-0.39, 0.29) is 34.8 Å². The molecular formula is C16H14ClF3N4O. The van der Waals surface area contributed by atoms with Crippen molar-refractivity contribution in [1.29, 1.82) is 5.26 Å². The van der Waals surface area contributed by atoms with Crippen molar-refractivity contribution in [2.45, 2.75) is 31.0 Å². The average molecular weight is 371 g/mol. The number of hydrogen-bond acceptors (Lipinski definition) is 3. The summed E-state index contributed by atoms with van der Waals surface area (Å²) >= 11 is 5.93. The summed E-state index contributed by atoms with van der Waals surface area (Å²) in [5.74, 6) is -0.150. The van der Waals surface area contributed by atoms with Gasteiger partial charge in [-0.2, -0.15) is 18.4 Å². The lowest BCUT2D eigenvalue weighted by molar-refractivity contribution is -0.256. The average Bonchev–Trinajstić information content (AvgIpc) is 2.64. The number of aliphatic imine (C=N–C) groups is 2. The van der Waals surface area contributed by atoms with Crippen molar-refractivity contribution in [2.75, 3.05) is 11.9 Å². The molecule has 1 fully saturated rings. The normalized spacial score (nSPS) is 24.8. The largest absolute Gasteiger partial charge is 0.427 e. The van der Waals surface area contributed by atoms with Crippen molar-refractivity contribution in [2.24, 2.45) is 15.9 Å². The fraction of sp³-hybridized carbons (Fsp3) is 0.438. The summed E-state index contributed by atoms with van der Waals surface area (Å²) in [6.07, 6.45) is 0.0515. The molecule has 0 aromatic heterocycles. The highest BCUT2D eigenvalue weighted by Crippen LogP contribution is 2.46. The van der Waals surface area contributed by atoms with Crippen molar-refractivity contribution in [1.82, 2.24) is 0 Å². The van der Waals surface area contributed by atoms with Crippen LogP contribution in [-0.4, -0.2) is 25.0 Å². The number of ether oxygens (including phenoxy) is 1. The fourth-order valence-electron chi connectivity index (χ4n) is 2.74. The van der Waals surface area contributed by atoms with Crippen molar-refractivity contribution >= 4 is 29.5 Å². The standard InChI is InChI=1S/C16H14ClF3N4O/c17-11-4-5-13-12(6-11)15(16(18,19)20,25-7-10-2-1-3-10)8-22-14(24-13)23-9-21/h4-6,8,10H,1-3,7H2,(H,23,24)/t15-/m1/s1. The second-order valence-corrected chi connectivity index (χ2v) is 6.39. The second kappa shape index (κ2) is 6.65. The van der Waals surface area contributed by atoms with Crippen molar-refractivity contribution in [3.8, 4) is 6.19 Å². The van der Waals surface area contributed by atoms with Gasteiger partial charge in [-0.25, -0.2) is 4.99 Å². The number of fused-ring (bicyclic) bond motifs is 1. The van der Waals surface area contributed by atoms with E-state index in [4.69, 9.17) is 21.6 Å². The summed E-state index contributed by atoms with van der Waals surface area (Å²) in [7, 11) is 0. The molecule has 0 amide bonds. The van der Waals surface area contributed by atoms with Gasteiger partial charge in [0.15, 0.2) is 0 Å². The lowest BCUT2D eigenvalue weighted by Crippen LogP contribution is -2.47. The van der Waals surface area contributed by atoms with Crippen LogP contribution in [0.2, 0.25) is 5.02 Å². The molecule has 1 aliphatic heterocycles. The van der Waals surface area contributed by atoms with Gasteiger partial charge in [-0.3, -0.25) is 0 Å². The van der Waals surface area contributed by atoms with E-state index in [0.29, 0.717) is 6.21 Å². The van der Waals surface area contributed by atoms with Crippen LogP contribution in [0.15, 0.2) is 28.2 Å². The number of guanidine groups is 1. The number of halogens is 4. The third-order valence-electron chi connectivity index (χ3n) is 4.35. The zero-order chi connectivity index (χ0) is 18.1. The van der Waals surface area contributed by atoms with Gasteiger partial charge in [0, 0.05) is 16.3 Å². The van der Waals surface area contributed by atoms with E-state index in [0.717, 1.165) is 19.3 Å². The van der Waals surface area contributed by atoms with Crippen LogP contribution in [0.4, 0.5) is 18.9 Å². The summed E-state index contributed by atoms with van der Waals surface area (Å²) in [4.78, 5) is 7.09. The van der Waals surface area contributed by atoms with E-state index in [1.807, 2.05) is 0 Å². The highest BCUT2D eigenvalue weighted by molar-refractivity contribution is 6.30. The summed E-state index contributed by atoms with van der Waals surface area (Å²) in [6, 6.07) is 4.02. The van der Waals surface area contributed by atoms with Gasteiger partial charge in [0.1, 0.15) is 0 Å². The van der Waals surface area contributed by atoms with Gasteiger partial charge in [0.05, 0.1) is 12.8 Å². The van der Waals surface area contributed by atoms with E-state index in [9.17, 15) is 13.2 Å². The molecule has 9 heteroatoms. The Kier molecular flexibility index (Phi) is 4.71. The molecule has 1 atom stereocenters. The molecule has 0 spiro atoms. The zero-order valence-corrected chi connectivity index (χ0v) is 13.7. The van der Waals surface area contributed by atoms with E-state index in [1.165, 1.54) is 24.4 Å². The summed E-state index contributed by atoms with van der Waals surface area (Å²) in [5, 5.41) is 11.4. The quantitative estimate of drug-likeness (QED) is 0.809. The molecule has 2 aliphatic rings. The lowest BCUT2D eigenvalue weighted by atomic mass is 9.85. The van der Waals surface area contributed by atoms with Gasteiger partial charge in [0.2, 0.25) is 17.8 Å². The molecule has 1 saturated carbocycles.